The molecule has 31 heavy (non-hydrogen) atoms. The fraction of sp³-hybridized carbons (Fsp3) is 0.115. The summed E-state index contributed by atoms with van der Waals surface area (Å²) >= 11 is 12.4. The Labute approximate surface area is 191 Å². The lowest BCUT2D eigenvalue weighted by atomic mass is 9.76. The van der Waals surface area contributed by atoms with Crippen LogP contribution >= 0.6 is 23.2 Å². The Morgan fingerprint density at radius 1 is 0.839 bits per heavy atom. The van der Waals surface area contributed by atoms with Gasteiger partial charge in [0.2, 0.25) is 0 Å². The van der Waals surface area contributed by atoms with Gasteiger partial charge in [-0.05, 0) is 42.3 Å². The highest BCUT2D eigenvalue weighted by atomic mass is 35.5. The van der Waals surface area contributed by atoms with Gasteiger partial charge in [-0.3, -0.25) is 4.79 Å². The van der Waals surface area contributed by atoms with E-state index < -0.39 is 5.41 Å². The first-order valence-corrected chi connectivity index (χ1v) is 10.6. The number of hydrogen-bond donors (Lipinski definition) is 0. The highest BCUT2D eigenvalue weighted by Crippen LogP contribution is 2.36. The second-order valence-electron chi connectivity index (χ2n) is 7.30. The molecule has 0 atom stereocenters. The fourth-order valence-corrected chi connectivity index (χ4v) is 3.91. The molecule has 0 amide bonds. The zero-order valence-corrected chi connectivity index (χ0v) is 18.4. The first kappa shape index (κ1) is 21.2. The maximum atomic E-state index is 13.3. The zero-order valence-electron chi connectivity index (χ0n) is 16.8. The Morgan fingerprint density at radius 2 is 1.45 bits per heavy atom. The minimum Gasteiger partial charge on any atom is -0.457 e. The van der Waals surface area contributed by atoms with Gasteiger partial charge in [0.15, 0.2) is 0 Å². The summed E-state index contributed by atoms with van der Waals surface area (Å²) in [6.07, 6.45) is 0. The minimum absolute atomic E-state index is 0.00623. The highest BCUT2D eigenvalue weighted by Gasteiger charge is 2.38. The van der Waals surface area contributed by atoms with E-state index >= 15 is 0 Å². The second-order valence-corrected chi connectivity index (χ2v) is 8.09. The number of furan rings is 1. The number of ether oxygens (including phenoxy) is 1. The number of halogens is 2. The molecule has 0 spiro atoms. The fourth-order valence-electron chi connectivity index (χ4n) is 3.52. The highest BCUT2D eigenvalue weighted by molar-refractivity contribution is 6.43. The maximum absolute atomic E-state index is 13.3. The lowest BCUT2D eigenvalue weighted by Crippen LogP contribution is -2.35. The Hall–Kier alpha value is -3.01. The number of carbonyl (C=O) groups excluding carboxylic acids is 1. The van der Waals surface area contributed by atoms with Crippen LogP contribution in [0.3, 0.4) is 0 Å². The Balaban J connectivity index is 1.57. The smallest absolute Gasteiger partial charge is 0.321 e. The van der Waals surface area contributed by atoms with Crippen molar-refractivity contribution in [3.8, 4) is 11.3 Å². The van der Waals surface area contributed by atoms with Crippen molar-refractivity contribution in [2.45, 2.75) is 18.9 Å². The third-order valence-electron chi connectivity index (χ3n) is 5.33. The monoisotopic (exact) mass is 450 g/mol. The van der Waals surface area contributed by atoms with Gasteiger partial charge >= 0.3 is 5.97 Å². The van der Waals surface area contributed by atoms with E-state index in [1.54, 1.807) is 24.3 Å². The van der Waals surface area contributed by atoms with Crippen molar-refractivity contribution in [1.29, 1.82) is 0 Å². The molecule has 0 aliphatic carbocycles. The third-order valence-corrected chi connectivity index (χ3v) is 6.15. The van der Waals surface area contributed by atoms with Gasteiger partial charge in [0.25, 0.3) is 0 Å². The van der Waals surface area contributed by atoms with Gasteiger partial charge in [-0.1, -0.05) is 89.9 Å². The molecule has 0 fully saturated rings. The van der Waals surface area contributed by atoms with Crippen LogP contribution in [-0.4, -0.2) is 5.97 Å². The van der Waals surface area contributed by atoms with Crippen LogP contribution in [0, 0.1) is 0 Å². The minimum atomic E-state index is -0.950. The van der Waals surface area contributed by atoms with Gasteiger partial charge in [-0.25, -0.2) is 0 Å². The third kappa shape index (κ3) is 4.25. The van der Waals surface area contributed by atoms with Crippen molar-refractivity contribution in [2.24, 2.45) is 0 Å². The molecule has 5 heteroatoms. The van der Waals surface area contributed by atoms with Crippen LogP contribution in [0.1, 0.15) is 23.8 Å². The van der Waals surface area contributed by atoms with E-state index in [4.69, 9.17) is 32.4 Å². The summed E-state index contributed by atoms with van der Waals surface area (Å²) in [4.78, 5) is 13.3. The standard InChI is InChI=1S/C26H20Cl2O3/c1-26(18-9-4-2-5-10-18,19-11-6-3-7-12-19)25(29)30-17-20-15-16-23(31-20)21-13-8-14-22(27)24(21)28/h2-16H,17H2,1H3. The van der Waals surface area contributed by atoms with Crippen molar-refractivity contribution in [2.75, 3.05) is 0 Å². The van der Waals surface area contributed by atoms with Crippen LogP contribution in [-0.2, 0) is 21.6 Å². The summed E-state index contributed by atoms with van der Waals surface area (Å²) in [5, 5.41) is 0.868. The average molecular weight is 451 g/mol. The van der Waals surface area contributed by atoms with Crippen LogP contribution in [0.2, 0.25) is 10.0 Å². The first-order chi connectivity index (χ1) is 15.0. The molecule has 4 rings (SSSR count). The lowest BCUT2D eigenvalue weighted by Gasteiger charge is -2.28. The van der Waals surface area contributed by atoms with Gasteiger partial charge in [-0.15, -0.1) is 0 Å². The number of rotatable bonds is 6. The van der Waals surface area contributed by atoms with Crippen molar-refractivity contribution >= 4 is 29.2 Å². The van der Waals surface area contributed by atoms with Crippen LogP contribution in [0.15, 0.2) is 95.4 Å². The Kier molecular flexibility index (Phi) is 6.17. The average Bonchev–Trinajstić information content (AvgIpc) is 3.28. The first-order valence-electron chi connectivity index (χ1n) is 9.81. The molecule has 0 N–H and O–H groups in total. The molecule has 0 bridgehead atoms. The SMILES string of the molecule is CC(C(=O)OCc1ccc(-c2cccc(Cl)c2Cl)o1)(c1ccccc1)c1ccccc1. The number of benzene rings is 3. The molecule has 0 unspecified atom stereocenters. The van der Waals surface area contributed by atoms with Gasteiger partial charge in [0.05, 0.1) is 10.0 Å². The van der Waals surface area contributed by atoms with Crippen LogP contribution in [0.4, 0.5) is 0 Å². The molecule has 1 aromatic heterocycles. The summed E-state index contributed by atoms with van der Waals surface area (Å²) < 4.78 is 11.6. The number of hydrogen-bond acceptors (Lipinski definition) is 3. The summed E-state index contributed by atoms with van der Waals surface area (Å²) in [6, 6.07) is 28.1. The van der Waals surface area contributed by atoms with Crippen LogP contribution in [0.25, 0.3) is 11.3 Å². The van der Waals surface area contributed by atoms with E-state index in [1.165, 1.54) is 0 Å². The summed E-state index contributed by atoms with van der Waals surface area (Å²) in [5.41, 5.74) is 1.45. The number of esters is 1. The predicted molar refractivity (Wildman–Crippen MR) is 123 cm³/mol. The van der Waals surface area contributed by atoms with Crippen molar-refractivity contribution in [3.63, 3.8) is 0 Å². The molecule has 4 aromatic rings. The maximum Gasteiger partial charge on any atom is 0.321 e. The van der Waals surface area contributed by atoms with Crippen molar-refractivity contribution in [3.05, 3.63) is 118 Å². The summed E-state index contributed by atoms with van der Waals surface area (Å²) in [5.74, 6) is 0.721. The second kappa shape index (κ2) is 9.01. The van der Waals surface area contributed by atoms with Gasteiger partial charge in [0.1, 0.15) is 23.5 Å². The molecule has 0 saturated carbocycles. The van der Waals surface area contributed by atoms with E-state index in [0.29, 0.717) is 27.1 Å². The predicted octanol–water partition coefficient (Wildman–Crippen LogP) is 7.30. The van der Waals surface area contributed by atoms with E-state index in [2.05, 4.69) is 0 Å². The molecular weight excluding hydrogens is 431 g/mol. The van der Waals surface area contributed by atoms with Gasteiger partial charge < -0.3 is 9.15 Å². The zero-order chi connectivity index (χ0) is 21.8. The topological polar surface area (TPSA) is 39.4 Å². The molecule has 0 aliphatic heterocycles. The van der Waals surface area contributed by atoms with Crippen molar-refractivity contribution in [1.82, 2.24) is 0 Å². The van der Waals surface area contributed by atoms with Gasteiger partial charge in [-0.2, -0.15) is 0 Å². The normalized spacial score (nSPS) is 11.3. The van der Waals surface area contributed by atoms with Gasteiger partial charge in [0, 0.05) is 5.56 Å². The van der Waals surface area contributed by atoms with Crippen LogP contribution in [0.5, 0.6) is 0 Å². The molecule has 0 aliphatic rings. The molecule has 156 valence electrons. The lowest BCUT2D eigenvalue weighted by molar-refractivity contribution is -0.150. The summed E-state index contributed by atoms with van der Waals surface area (Å²) in [7, 11) is 0. The molecule has 0 saturated heterocycles. The molecular formula is C26H20Cl2O3. The number of carbonyl (C=O) groups is 1. The van der Waals surface area contributed by atoms with Crippen LogP contribution < -0.4 is 0 Å². The van der Waals surface area contributed by atoms with E-state index in [-0.39, 0.29) is 12.6 Å². The molecule has 0 radical (unpaired) electrons. The molecule has 3 nitrogen and oxygen atoms in total. The van der Waals surface area contributed by atoms with E-state index in [9.17, 15) is 4.79 Å². The quantitative estimate of drug-likeness (QED) is 0.289. The molecule has 1 heterocycles. The van der Waals surface area contributed by atoms with E-state index in [1.807, 2.05) is 73.7 Å². The van der Waals surface area contributed by atoms with E-state index in [0.717, 1.165) is 11.1 Å². The van der Waals surface area contributed by atoms with Crippen molar-refractivity contribution < 1.29 is 13.9 Å². The Morgan fingerprint density at radius 3 is 2.06 bits per heavy atom. The largest absolute Gasteiger partial charge is 0.457 e. The Bertz CT molecular complexity index is 1140. The summed E-state index contributed by atoms with van der Waals surface area (Å²) in [6.45, 7) is 1.88. The molecule has 3 aromatic carbocycles.